The second-order valence-electron chi connectivity index (χ2n) is 4.74. The summed E-state index contributed by atoms with van der Waals surface area (Å²) in [5, 5.41) is 0.0699. The van der Waals surface area contributed by atoms with E-state index in [9.17, 15) is 0 Å². The third-order valence-electron chi connectivity index (χ3n) is 2.49. The molecule has 0 fully saturated rings. The molecule has 0 heterocycles. The zero-order valence-electron chi connectivity index (χ0n) is 15.2. The fraction of sp³-hybridized carbons (Fsp3) is 0.684. The van der Waals surface area contributed by atoms with Crippen LogP contribution in [0.5, 0.6) is 0 Å². The van der Waals surface area contributed by atoms with Crippen molar-refractivity contribution in [3.8, 4) is 0 Å². The Kier molecular flexibility index (Phi) is 39.8. The largest absolute Gasteiger partial charge is 0.114 e. The molecule has 21 heavy (non-hydrogen) atoms. The van der Waals surface area contributed by atoms with Crippen LogP contribution in [-0.2, 0) is 0 Å². The Balaban J connectivity index is -0.0000000973. The molecule has 0 atom stereocenters. The normalized spacial score (nSPS) is 11.9. The fourth-order valence-electron chi connectivity index (χ4n) is 0.551. The van der Waals surface area contributed by atoms with E-state index in [0.29, 0.717) is 0 Å². The molecule has 0 unspecified atom stereocenters. The van der Waals surface area contributed by atoms with Gasteiger partial charge in [0.25, 0.3) is 0 Å². The molecular weight excluding hydrogens is 382 g/mol. The summed E-state index contributed by atoms with van der Waals surface area (Å²) in [6.07, 6.45) is 15.6. The molecule has 0 aromatic heterocycles. The zero-order chi connectivity index (χ0) is 16.2. The van der Waals surface area contributed by atoms with Gasteiger partial charge in [0.05, 0.1) is 5.38 Å². The molecule has 0 N–H and O–H groups in total. The second-order valence-corrected chi connectivity index (χ2v) is 5.24. The summed E-state index contributed by atoms with van der Waals surface area (Å²) in [6.45, 7) is 16.8. The second kappa shape index (κ2) is 28.5. The van der Waals surface area contributed by atoms with E-state index in [1.54, 1.807) is 0 Å². The Labute approximate surface area is 157 Å². The molecule has 1 aliphatic rings. The molecule has 0 aromatic rings. The minimum atomic E-state index is 0. The number of unbranched alkanes of at least 4 members (excludes halogenated alkanes) is 3. The summed E-state index contributed by atoms with van der Waals surface area (Å²) < 4.78 is 0. The Morgan fingerprint density at radius 3 is 1.14 bits per heavy atom. The van der Waals surface area contributed by atoms with E-state index in [0.717, 1.165) is 5.57 Å². The molecule has 0 nitrogen and oxygen atoms in total. The number of hydrogen-bond acceptors (Lipinski definition) is 0. The van der Waals surface area contributed by atoms with E-state index in [2.05, 4.69) is 48.1 Å². The molecule has 4 radical (unpaired) electrons. The molecule has 1 aliphatic carbocycles. The van der Waals surface area contributed by atoms with Crippen molar-refractivity contribution in [2.75, 3.05) is 0 Å². The van der Waals surface area contributed by atoms with Crippen LogP contribution >= 0.6 is 11.6 Å². The summed E-state index contributed by atoms with van der Waals surface area (Å²) in [5.74, 6) is 0. The number of allylic oxidation sites excluding steroid dienone is 5. The van der Waals surface area contributed by atoms with Crippen LogP contribution in [0, 0.1) is 0 Å². The number of rotatable bonds is 3. The fourth-order valence-corrected chi connectivity index (χ4v) is 0.696. The summed E-state index contributed by atoms with van der Waals surface area (Å²) in [4.78, 5) is 0. The third-order valence-corrected chi connectivity index (χ3v) is 2.78. The molecule has 0 spiro atoms. The van der Waals surface area contributed by atoms with Gasteiger partial charge in [-0.1, -0.05) is 111 Å². The Hall–Kier alpha value is 0.309. The van der Waals surface area contributed by atoms with Gasteiger partial charge in [-0.2, -0.15) is 0 Å². The SMILES string of the molecule is C=C1C=CC(Cl)C=C1.CCCC.CCCC.CCCC.[Sn]. The minimum Gasteiger partial charge on any atom is -0.114 e. The van der Waals surface area contributed by atoms with Gasteiger partial charge >= 0.3 is 0 Å². The maximum absolute atomic E-state index is 5.67. The van der Waals surface area contributed by atoms with Gasteiger partial charge < -0.3 is 0 Å². The summed E-state index contributed by atoms with van der Waals surface area (Å²) in [7, 11) is 0. The van der Waals surface area contributed by atoms with E-state index < -0.39 is 0 Å². The molecule has 0 saturated heterocycles. The first-order chi connectivity index (χ1) is 9.53. The number of hydrogen-bond donors (Lipinski definition) is 0. The Morgan fingerprint density at radius 2 is 1.00 bits per heavy atom. The molecular formula is C19H37ClSn. The van der Waals surface area contributed by atoms with E-state index in [1.807, 2.05) is 24.3 Å². The van der Waals surface area contributed by atoms with Crippen molar-refractivity contribution in [2.45, 2.75) is 85.4 Å². The van der Waals surface area contributed by atoms with Crippen LogP contribution in [-0.4, -0.2) is 29.3 Å². The Bertz CT molecular complexity index is 200. The smallest absolute Gasteiger partial charge is 0.0703 e. The van der Waals surface area contributed by atoms with Crippen molar-refractivity contribution in [3.63, 3.8) is 0 Å². The summed E-state index contributed by atoms with van der Waals surface area (Å²) in [6, 6.07) is 0. The molecule has 124 valence electrons. The average Bonchev–Trinajstić information content (AvgIpc) is 2.51. The predicted molar refractivity (Wildman–Crippen MR) is 105 cm³/mol. The first-order valence-corrected chi connectivity index (χ1v) is 8.66. The minimum absolute atomic E-state index is 0. The topological polar surface area (TPSA) is 0 Å². The van der Waals surface area contributed by atoms with Crippen molar-refractivity contribution in [2.24, 2.45) is 0 Å². The molecule has 0 amide bonds. The van der Waals surface area contributed by atoms with Crippen molar-refractivity contribution < 1.29 is 0 Å². The monoisotopic (exact) mass is 420 g/mol. The molecule has 0 aliphatic heterocycles. The van der Waals surface area contributed by atoms with Gasteiger partial charge in [-0.25, -0.2) is 0 Å². The molecule has 2 heteroatoms. The van der Waals surface area contributed by atoms with Crippen LogP contribution in [0.15, 0.2) is 36.5 Å². The van der Waals surface area contributed by atoms with Crippen LogP contribution in [0.3, 0.4) is 0 Å². The van der Waals surface area contributed by atoms with Crippen LogP contribution in [0.25, 0.3) is 0 Å². The summed E-state index contributed by atoms with van der Waals surface area (Å²) in [5.41, 5.74) is 1.02. The number of alkyl halides is 1. The van der Waals surface area contributed by atoms with Gasteiger partial charge in [0.15, 0.2) is 0 Å². The first-order valence-electron chi connectivity index (χ1n) is 8.23. The zero-order valence-corrected chi connectivity index (χ0v) is 18.8. The van der Waals surface area contributed by atoms with Gasteiger partial charge in [-0.05, 0) is 5.57 Å². The quantitative estimate of drug-likeness (QED) is 0.332. The maximum atomic E-state index is 5.67. The van der Waals surface area contributed by atoms with Crippen LogP contribution in [0.2, 0.25) is 0 Å². The van der Waals surface area contributed by atoms with Crippen LogP contribution in [0.4, 0.5) is 0 Å². The standard InChI is InChI=1S/C7H7Cl.3C4H10.Sn/c1-6-2-4-7(8)5-3-6;3*1-3-4-2;/h2-5,7H,1H2;3*3-4H2,1-2H3;. The summed E-state index contributed by atoms with van der Waals surface area (Å²) >= 11 is 5.67. The number of halogens is 1. The predicted octanol–water partition coefficient (Wildman–Crippen LogP) is 7.31. The van der Waals surface area contributed by atoms with Gasteiger partial charge in [0, 0.05) is 23.9 Å². The average molecular weight is 420 g/mol. The molecule has 1 rings (SSSR count). The Morgan fingerprint density at radius 1 is 0.762 bits per heavy atom. The maximum Gasteiger partial charge on any atom is 0.0703 e. The van der Waals surface area contributed by atoms with E-state index >= 15 is 0 Å². The molecule has 0 aromatic carbocycles. The van der Waals surface area contributed by atoms with Gasteiger partial charge in [0.2, 0.25) is 0 Å². The van der Waals surface area contributed by atoms with E-state index in [-0.39, 0.29) is 29.3 Å². The van der Waals surface area contributed by atoms with Crippen molar-refractivity contribution in [1.29, 1.82) is 0 Å². The van der Waals surface area contributed by atoms with Crippen molar-refractivity contribution in [3.05, 3.63) is 36.5 Å². The van der Waals surface area contributed by atoms with Crippen LogP contribution in [0.1, 0.15) is 80.1 Å². The first kappa shape index (κ1) is 29.3. The van der Waals surface area contributed by atoms with Crippen LogP contribution < -0.4 is 0 Å². The van der Waals surface area contributed by atoms with Gasteiger partial charge in [0.1, 0.15) is 0 Å². The van der Waals surface area contributed by atoms with E-state index in [1.165, 1.54) is 38.5 Å². The molecule has 0 saturated carbocycles. The van der Waals surface area contributed by atoms with Crippen molar-refractivity contribution >= 4 is 35.5 Å². The van der Waals surface area contributed by atoms with Gasteiger partial charge in [-0.15, -0.1) is 11.6 Å². The van der Waals surface area contributed by atoms with Gasteiger partial charge in [-0.3, -0.25) is 0 Å². The third kappa shape index (κ3) is 38.4. The van der Waals surface area contributed by atoms with E-state index in [4.69, 9.17) is 11.6 Å². The van der Waals surface area contributed by atoms with Crippen molar-refractivity contribution in [1.82, 2.24) is 0 Å². The molecule has 0 bridgehead atoms.